The van der Waals surface area contributed by atoms with Crippen molar-refractivity contribution in [3.63, 3.8) is 0 Å². The van der Waals surface area contributed by atoms with Gasteiger partial charge in [-0.15, -0.1) is 0 Å². The lowest BCUT2D eigenvalue weighted by Crippen LogP contribution is -2.33. The summed E-state index contributed by atoms with van der Waals surface area (Å²) in [5.41, 5.74) is 0.553. The van der Waals surface area contributed by atoms with E-state index in [9.17, 15) is 18.0 Å². The van der Waals surface area contributed by atoms with E-state index in [0.29, 0.717) is 24.5 Å². The SMILES string of the molecule is O=C(Nc1ccccc1C1=NCCCN1)C(F)(F)F. The minimum absolute atomic E-state index is 0.0953. The maximum atomic E-state index is 12.3. The van der Waals surface area contributed by atoms with Crippen LogP contribution < -0.4 is 10.6 Å². The molecule has 4 nitrogen and oxygen atoms in total. The first-order valence-electron chi connectivity index (χ1n) is 5.74. The number of carbonyl (C=O) groups is 1. The molecule has 102 valence electrons. The number of nitrogens with zero attached hydrogens (tertiary/aromatic N) is 1. The van der Waals surface area contributed by atoms with Crippen LogP contribution in [0.4, 0.5) is 18.9 Å². The van der Waals surface area contributed by atoms with Crippen molar-refractivity contribution >= 4 is 17.4 Å². The third-order valence-corrected chi connectivity index (χ3v) is 2.59. The zero-order valence-electron chi connectivity index (χ0n) is 9.92. The van der Waals surface area contributed by atoms with E-state index in [4.69, 9.17) is 0 Å². The monoisotopic (exact) mass is 271 g/mol. The summed E-state index contributed by atoms with van der Waals surface area (Å²) in [6.07, 6.45) is -4.03. The molecule has 0 unspecified atom stereocenters. The highest BCUT2D eigenvalue weighted by Crippen LogP contribution is 2.21. The third-order valence-electron chi connectivity index (χ3n) is 2.59. The predicted octanol–water partition coefficient (Wildman–Crippen LogP) is 1.93. The van der Waals surface area contributed by atoms with Gasteiger partial charge in [0.05, 0.1) is 5.69 Å². The molecule has 0 fully saturated rings. The summed E-state index contributed by atoms with van der Waals surface area (Å²) in [5.74, 6) is -1.49. The molecular formula is C12H12F3N3O. The van der Waals surface area contributed by atoms with Crippen molar-refractivity contribution < 1.29 is 18.0 Å². The van der Waals surface area contributed by atoms with E-state index in [1.54, 1.807) is 18.2 Å². The van der Waals surface area contributed by atoms with E-state index in [1.165, 1.54) is 6.07 Å². The second-order valence-electron chi connectivity index (χ2n) is 4.01. The smallest absolute Gasteiger partial charge is 0.370 e. The molecule has 2 N–H and O–H groups in total. The number of benzene rings is 1. The summed E-state index contributed by atoms with van der Waals surface area (Å²) in [6.45, 7) is 1.32. The minimum atomic E-state index is -4.91. The quantitative estimate of drug-likeness (QED) is 0.863. The van der Waals surface area contributed by atoms with Crippen LogP contribution in [-0.2, 0) is 4.79 Å². The van der Waals surface area contributed by atoms with Gasteiger partial charge in [0.25, 0.3) is 0 Å². The van der Waals surface area contributed by atoms with Gasteiger partial charge in [-0.3, -0.25) is 9.79 Å². The number of carbonyl (C=O) groups excluding carboxylic acids is 1. The molecule has 1 amide bonds. The molecule has 0 spiro atoms. The van der Waals surface area contributed by atoms with Crippen molar-refractivity contribution in [3.05, 3.63) is 29.8 Å². The van der Waals surface area contributed by atoms with Gasteiger partial charge in [-0.2, -0.15) is 13.2 Å². The highest BCUT2D eigenvalue weighted by atomic mass is 19.4. The number of amidine groups is 1. The van der Waals surface area contributed by atoms with Crippen LogP contribution in [-0.4, -0.2) is 31.0 Å². The van der Waals surface area contributed by atoms with Gasteiger partial charge < -0.3 is 10.6 Å². The molecule has 1 aromatic rings. The Morgan fingerprint density at radius 2 is 2.05 bits per heavy atom. The maximum absolute atomic E-state index is 12.3. The highest BCUT2D eigenvalue weighted by molar-refractivity contribution is 6.07. The number of anilines is 1. The lowest BCUT2D eigenvalue weighted by Gasteiger charge is -2.18. The van der Waals surface area contributed by atoms with Crippen LogP contribution in [0.5, 0.6) is 0 Å². The van der Waals surface area contributed by atoms with Crippen molar-refractivity contribution in [2.45, 2.75) is 12.6 Å². The Morgan fingerprint density at radius 1 is 1.32 bits per heavy atom. The molecule has 0 saturated carbocycles. The Kier molecular flexibility index (Phi) is 3.73. The molecule has 2 rings (SSSR count). The molecule has 7 heteroatoms. The molecule has 1 heterocycles. The molecule has 0 radical (unpaired) electrons. The normalized spacial score (nSPS) is 15.4. The first-order chi connectivity index (χ1) is 8.98. The summed E-state index contributed by atoms with van der Waals surface area (Å²) in [4.78, 5) is 15.2. The summed E-state index contributed by atoms with van der Waals surface area (Å²) in [6, 6.07) is 6.26. The fourth-order valence-electron chi connectivity index (χ4n) is 1.70. The number of alkyl halides is 3. The van der Waals surface area contributed by atoms with Gasteiger partial charge in [0.2, 0.25) is 0 Å². The van der Waals surface area contributed by atoms with Gasteiger partial charge in [-0.1, -0.05) is 12.1 Å². The van der Waals surface area contributed by atoms with E-state index in [0.717, 1.165) is 6.42 Å². The van der Waals surface area contributed by atoms with E-state index in [1.807, 2.05) is 5.32 Å². The lowest BCUT2D eigenvalue weighted by molar-refractivity contribution is -0.167. The van der Waals surface area contributed by atoms with E-state index < -0.39 is 12.1 Å². The first kappa shape index (κ1) is 13.4. The van der Waals surface area contributed by atoms with Gasteiger partial charge in [0.1, 0.15) is 5.84 Å². The van der Waals surface area contributed by atoms with Crippen molar-refractivity contribution in [1.29, 1.82) is 0 Å². The highest BCUT2D eigenvalue weighted by Gasteiger charge is 2.39. The Hall–Kier alpha value is -2.05. The molecule has 0 bridgehead atoms. The van der Waals surface area contributed by atoms with E-state index in [-0.39, 0.29) is 5.69 Å². The number of nitrogens with one attached hydrogen (secondary N) is 2. The average molecular weight is 271 g/mol. The molecule has 1 aromatic carbocycles. The third kappa shape index (κ3) is 3.24. The van der Waals surface area contributed by atoms with Crippen molar-refractivity contribution in [2.75, 3.05) is 18.4 Å². The number of amides is 1. The molecule has 0 saturated heterocycles. The number of hydrogen-bond acceptors (Lipinski definition) is 3. The number of halogens is 3. The molecule has 0 aliphatic carbocycles. The average Bonchev–Trinajstić information content (AvgIpc) is 2.39. The fourth-order valence-corrected chi connectivity index (χ4v) is 1.70. The number of hydrogen-bond donors (Lipinski definition) is 2. The topological polar surface area (TPSA) is 53.5 Å². The lowest BCUT2D eigenvalue weighted by atomic mass is 10.1. The van der Waals surface area contributed by atoms with Crippen LogP contribution >= 0.6 is 0 Å². The number of para-hydroxylation sites is 1. The first-order valence-corrected chi connectivity index (χ1v) is 5.74. The van der Waals surface area contributed by atoms with Gasteiger partial charge in [0.15, 0.2) is 0 Å². The Morgan fingerprint density at radius 3 is 2.68 bits per heavy atom. The minimum Gasteiger partial charge on any atom is -0.370 e. The van der Waals surface area contributed by atoms with Crippen molar-refractivity contribution in [1.82, 2.24) is 5.32 Å². The van der Waals surface area contributed by atoms with Crippen LogP contribution in [0.2, 0.25) is 0 Å². The van der Waals surface area contributed by atoms with Crippen molar-refractivity contribution in [2.24, 2.45) is 4.99 Å². The zero-order valence-corrected chi connectivity index (χ0v) is 9.92. The zero-order chi connectivity index (χ0) is 13.9. The summed E-state index contributed by atoms with van der Waals surface area (Å²) >= 11 is 0. The molecule has 19 heavy (non-hydrogen) atoms. The van der Waals surface area contributed by atoms with E-state index >= 15 is 0 Å². The van der Waals surface area contributed by atoms with Crippen LogP contribution in [0.3, 0.4) is 0 Å². The second kappa shape index (κ2) is 5.29. The van der Waals surface area contributed by atoms with Gasteiger partial charge in [0, 0.05) is 18.7 Å². The Balaban J connectivity index is 2.26. The molecule has 0 aromatic heterocycles. The van der Waals surface area contributed by atoms with Crippen molar-refractivity contribution in [3.8, 4) is 0 Å². The van der Waals surface area contributed by atoms with Gasteiger partial charge in [-0.25, -0.2) is 0 Å². The predicted molar refractivity (Wildman–Crippen MR) is 65.2 cm³/mol. The largest absolute Gasteiger partial charge is 0.471 e. The van der Waals surface area contributed by atoms with Crippen LogP contribution in [0.15, 0.2) is 29.3 Å². The fraction of sp³-hybridized carbons (Fsp3) is 0.333. The standard InChI is InChI=1S/C12H12F3N3O/c13-12(14,15)11(19)18-9-5-2-1-4-8(9)10-16-6-3-7-17-10/h1-2,4-5H,3,6-7H2,(H,16,17)(H,18,19). The van der Waals surface area contributed by atoms with Crippen LogP contribution in [0.1, 0.15) is 12.0 Å². The second-order valence-corrected chi connectivity index (χ2v) is 4.01. The molecule has 1 aliphatic heterocycles. The molecule has 0 atom stereocenters. The van der Waals surface area contributed by atoms with Gasteiger partial charge >= 0.3 is 12.1 Å². The summed E-state index contributed by atoms with van der Waals surface area (Å²) in [5, 5.41) is 4.87. The Labute approximate surface area is 107 Å². The Bertz CT molecular complexity index is 511. The summed E-state index contributed by atoms with van der Waals surface area (Å²) < 4.78 is 36.8. The molecular weight excluding hydrogens is 259 g/mol. The van der Waals surface area contributed by atoms with Gasteiger partial charge in [-0.05, 0) is 18.6 Å². The summed E-state index contributed by atoms with van der Waals surface area (Å²) in [7, 11) is 0. The maximum Gasteiger partial charge on any atom is 0.471 e. The number of rotatable bonds is 2. The van der Waals surface area contributed by atoms with Crippen LogP contribution in [0, 0.1) is 0 Å². The number of aliphatic imine (C=N–C) groups is 1. The van der Waals surface area contributed by atoms with E-state index in [2.05, 4.69) is 10.3 Å². The molecule has 1 aliphatic rings. The van der Waals surface area contributed by atoms with Crippen LogP contribution in [0.25, 0.3) is 0 Å².